The molecule has 1 unspecified atom stereocenters. The topological polar surface area (TPSA) is 79.4 Å². The Morgan fingerprint density at radius 3 is 2.63 bits per heavy atom. The van der Waals surface area contributed by atoms with Gasteiger partial charge < -0.3 is 4.90 Å². The molecule has 1 amide bonds. The lowest BCUT2D eigenvalue weighted by atomic mass is 9.89. The lowest BCUT2D eigenvalue weighted by Gasteiger charge is -2.32. The van der Waals surface area contributed by atoms with E-state index in [1.54, 1.807) is 23.7 Å². The van der Waals surface area contributed by atoms with Gasteiger partial charge in [0.15, 0.2) is 5.13 Å². The largest absolute Gasteiger partial charge is 0.343 e. The van der Waals surface area contributed by atoms with Gasteiger partial charge in [0.2, 0.25) is 5.91 Å². The van der Waals surface area contributed by atoms with Crippen LogP contribution in [0.15, 0.2) is 65.0 Å². The highest BCUT2D eigenvalue weighted by Gasteiger charge is 2.26. The summed E-state index contributed by atoms with van der Waals surface area (Å²) in [4.78, 5) is 19.0. The summed E-state index contributed by atoms with van der Waals surface area (Å²) in [5.74, 6) is 0.693. The highest BCUT2D eigenvalue weighted by molar-refractivity contribution is 7.93. The number of allylic oxidation sites excluding steroid dienone is 1. The second-order valence-corrected chi connectivity index (χ2v) is 11.9. The number of carbonyl (C=O) groups excluding carboxylic acids is 1. The number of amides is 1. The zero-order valence-electron chi connectivity index (χ0n) is 19.1. The Bertz CT molecular complexity index is 1330. The van der Waals surface area contributed by atoms with Gasteiger partial charge in [-0.05, 0) is 60.1 Å². The number of carbonyl (C=O) groups is 1. The normalized spacial score (nSPS) is 18.0. The summed E-state index contributed by atoms with van der Waals surface area (Å²) in [6.45, 7) is 1.43. The predicted molar refractivity (Wildman–Crippen MR) is 140 cm³/mol. The molecule has 1 aliphatic carbocycles. The number of aromatic nitrogens is 1. The number of hydrogen-bond acceptors (Lipinski definition) is 5. The molecule has 2 aliphatic rings. The van der Waals surface area contributed by atoms with Crippen molar-refractivity contribution >= 4 is 50.1 Å². The van der Waals surface area contributed by atoms with Crippen LogP contribution in [0.5, 0.6) is 0 Å². The number of hydrogen-bond donors (Lipinski definition) is 1. The maximum atomic E-state index is 12.9. The number of piperidine rings is 1. The lowest BCUT2D eigenvalue weighted by molar-refractivity contribution is -0.132. The first kappa shape index (κ1) is 24.0. The Kier molecular flexibility index (Phi) is 6.95. The van der Waals surface area contributed by atoms with Crippen LogP contribution >= 0.6 is 22.9 Å². The van der Waals surface area contributed by atoms with E-state index >= 15 is 0 Å². The van der Waals surface area contributed by atoms with Gasteiger partial charge in [0, 0.05) is 42.0 Å². The molecule has 1 N–H and O–H groups in total. The average Bonchev–Trinajstić information content (AvgIpc) is 3.53. The van der Waals surface area contributed by atoms with Gasteiger partial charge in [-0.3, -0.25) is 9.52 Å². The Morgan fingerprint density at radius 1 is 1.14 bits per heavy atom. The summed E-state index contributed by atoms with van der Waals surface area (Å²) in [6.07, 6.45) is 8.80. The minimum Gasteiger partial charge on any atom is -0.343 e. The molecule has 0 radical (unpaired) electrons. The van der Waals surface area contributed by atoms with Crippen LogP contribution in [0.4, 0.5) is 5.13 Å². The van der Waals surface area contributed by atoms with Crippen LogP contribution in [0.1, 0.15) is 54.2 Å². The van der Waals surface area contributed by atoms with Crippen molar-refractivity contribution in [2.24, 2.45) is 0 Å². The van der Waals surface area contributed by atoms with Crippen molar-refractivity contribution in [3.63, 3.8) is 0 Å². The van der Waals surface area contributed by atoms with Gasteiger partial charge in [-0.25, -0.2) is 13.4 Å². The van der Waals surface area contributed by atoms with Crippen LogP contribution < -0.4 is 4.72 Å². The standard InChI is InChI=1S/C26H26ClN3O3S2/c27-23-3-1-2-20-4-5-21(25(20)23)8-11-24(31)30-15-12-19(13-16-30)18-6-9-22(10-7-18)35(32,33)29-26-28-14-17-34-26/h1-7,9-10,14,17,19,21H,8,11-13,15-16H2,(H,28,29). The molecule has 5 rings (SSSR count). The van der Waals surface area contributed by atoms with Gasteiger partial charge in [-0.1, -0.05) is 48.0 Å². The first-order chi connectivity index (χ1) is 16.9. The minimum atomic E-state index is -3.65. The van der Waals surface area contributed by atoms with Crippen molar-refractivity contribution in [2.75, 3.05) is 17.8 Å². The van der Waals surface area contributed by atoms with E-state index in [1.165, 1.54) is 11.3 Å². The summed E-state index contributed by atoms with van der Waals surface area (Å²) in [7, 11) is -3.65. The number of benzene rings is 2. The Hall–Kier alpha value is -2.68. The fourth-order valence-corrected chi connectivity index (χ4v) is 7.02. The second-order valence-electron chi connectivity index (χ2n) is 8.91. The molecule has 3 aromatic rings. The Labute approximate surface area is 214 Å². The number of nitrogens with one attached hydrogen (secondary N) is 1. The molecule has 1 saturated heterocycles. The van der Waals surface area contributed by atoms with E-state index < -0.39 is 10.0 Å². The average molecular weight is 528 g/mol. The molecule has 1 fully saturated rings. The van der Waals surface area contributed by atoms with Crippen molar-refractivity contribution in [1.29, 1.82) is 0 Å². The maximum Gasteiger partial charge on any atom is 0.263 e. The highest BCUT2D eigenvalue weighted by Crippen LogP contribution is 2.38. The number of halogens is 1. The molecule has 0 spiro atoms. The molecule has 1 aromatic heterocycles. The SMILES string of the molecule is O=C(CCC1C=Cc2cccc(Cl)c21)N1CCC(c2ccc(S(=O)(=O)Nc3nccs3)cc2)CC1. The van der Waals surface area contributed by atoms with Crippen molar-refractivity contribution in [1.82, 2.24) is 9.88 Å². The third-order valence-electron chi connectivity index (χ3n) is 6.80. The predicted octanol–water partition coefficient (Wildman–Crippen LogP) is 5.89. The third kappa shape index (κ3) is 5.29. The van der Waals surface area contributed by atoms with Crippen LogP contribution in [0.25, 0.3) is 6.08 Å². The van der Waals surface area contributed by atoms with Crippen molar-refractivity contribution in [2.45, 2.75) is 42.4 Å². The molecule has 2 heterocycles. The first-order valence-corrected chi connectivity index (χ1v) is 14.4. The Balaban J connectivity index is 1.13. The van der Waals surface area contributed by atoms with E-state index in [1.807, 2.05) is 29.2 Å². The minimum absolute atomic E-state index is 0.187. The van der Waals surface area contributed by atoms with Gasteiger partial charge in [0.05, 0.1) is 4.90 Å². The van der Waals surface area contributed by atoms with E-state index in [0.717, 1.165) is 41.0 Å². The van der Waals surface area contributed by atoms with Crippen molar-refractivity contribution in [3.8, 4) is 0 Å². The molecule has 6 nitrogen and oxygen atoms in total. The number of thiazole rings is 1. The molecule has 9 heteroatoms. The number of fused-ring (bicyclic) bond motifs is 1. The summed E-state index contributed by atoms with van der Waals surface area (Å²) in [6, 6.07) is 13.0. The second kappa shape index (κ2) is 10.1. The smallest absolute Gasteiger partial charge is 0.263 e. The van der Waals surface area contributed by atoms with Crippen LogP contribution in [0.3, 0.4) is 0 Å². The van der Waals surface area contributed by atoms with Gasteiger partial charge in [0.25, 0.3) is 10.0 Å². The zero-order valence-corrected chi connectivity index (χ0v) is 21.5. The number of likely N-dealkylation sites (tertiary alicyclic amines) is 1. The molecule has 182 valence electrons. The fraction of sp³-hybridized carbons (Fsp3) is 0.308. The molecule has 0 bridgehead atoms. The van der Waals surface area contributed by atoms with Gasteiger partial charge in [-0.2, -0.15) is 0 Å². The summed E-state index contributed by atoms with van der Waals surface area (Å²) < 4.78 is 27.6. The van der Waals surface area contributed by atoms with E-state index in [-0.39, 0.29) is 16.7 Å². The number of rotatable bonds is 7. The summed E-state index contributed by atoms with van der Waals surface area (Å²) >= 11 is 7.63. The Morgan fingerprint density at radius 2 is 1.91 bits per heavy atom. The molecular weight excluding hydrogens is 502 g/mol. The number of anilines is 1. The van der Waals surface area contributed by atoms with Gasteiger partial charge >= 0.3 is 0 Å². The van der Waals surface area contributed by atoms with Crippen molar-refractivity contribution in [3.05, 3.63) is 81.8 Å². The van der Waals surface area contributed by atoms with Gasteiger partial charge in [0.1, 0.15) is 0 Å². The van der Waals surface area contributed by atoms with Crippen molar-refractivity contribution < 1.29 is 13.2 Å². The van der Waals surface area contributed by atoms with Crippen LogP contribution in [0, 0.1) is 0 Å². The van der Waals surface area contributed by atoms with E-state index in [4.69, 9.17) is 11.6 Å². The number of nitrogens with zero attached hydrogens (tertiary/aromatic N) is 2. The molecular formula is C26H26ClN3O3S2. The molecule has 1 aliphatic heterocycles. The van der Waals surface area contributed by atoms with E-state index in [9.17, 15) is 13.2 Å². The lowest BCUT2D eigenvalue weighted by Crippen LogP contribution is -2.37. The van der Waals surface area contributed by atoms with Crippen LogP contribution in [0.2, 0.25) is 5.02 Å². The molecule has 2 aromatic carbocycles. The van der Waals surface area contributed by atoms with E-state index in [0.29, 0.717) is 30.6 Å². The monoisotopic (exact) mass is 527 g/mol. The quantitative estimate of drug-likeness (QED) is 0.415. The fourth-order valence-electron chi connectivity index (χ4n) is 4.91. The molecule has 1 atom stereocenters. The maximum absolute atomic E-state index is 12.9. The van der Waals surface area contributed by atoms with E-state index in [2.05, 4.69) is 27.9 Å². The first-order valence-electron chi connectivity index (χ1n) is 11.7. The van der Waals surface area contributed by atoms with Crippen LogP contribution in [-0.2, 0) is 14.8 Å². The zero-order chi connectivity index (χ0) is 24.4. The summed E-state index contributed by atoms with van der Waals surface area (Å²) in [5, 5.41) is 2.84. The highest BCUT2D eigenvalue weighted by atomic mass is 35.5. The number of sulfonamides is 1. The molecule has 35 heavy (non-hydrogen) atoms. The third-order valence-corrected chi connectivity index (χ3v) is 9.30. The van der Waals surface area contributed by atoms with Gasteiger partial charge in [-0.15, -0.1) is 11.3 Å². The molecule has 0 saturated carbocycles. The summed E-state index contributed by atoms with van der Waals surface area (Å²) in [5.41, 5.74) is 3.38. The van der Waals surface area contributed by atoms with Crippen LogP contribution in [-0.4, -0.2) is 37.3 Å².